The van der Waals surface area contributed by atoms with E-state index in [-0.39, 0.29) is 18.2 Å². The Morgan fingerprint density at radius 1 is 1.40 bits per heavy atom. The molecule has 4 nitrogen and oxygen atoms in total. The van der Waals surface area contributed by atoms with Crippen LogP contribution in [0.3, 0.4) is 0 Å². The molecule has 0 unspecified atom stereocenters. The van der Waals surface area contributed by atoms with Crippen molar-refractivity contribution in [3.8, 4) is 0 Å². The number of nitrogens with zero attached hydrogens (tertiary/aromatic N) is 1. The molecule has 0 aromatic carbocycles. The van der Waals surface area contributed by atoms with Crippen LogP contribution in [0.2, 0.25) is 0 Å². The average Bonchev–Trinajstić information content (AvgIpc) is 2.86. The fourth-order valence-electron chi connectivity index (χ4n) is 1.30. The summed E-state index contributed by atoms with van der Waals surface area (Å²) in [6.45, 7) is -1.51. The lowest BCUT2D eigenvalue weighted by Crippen LogP contribution is -2.39. The number of hydrogen-bond acceptors (Lipinski definition) is 3. The molecular formula is C8H15F2NO3S. The van der Waals surface area contributed by atoms with Gasteiger partial charge in [0.1, 0.15) is 0 Å². The van der Waals surface area contributed by atoms with Crippen LogP contribution in [0.5, 0.6) is 0 Å². The lowest BCUT2D eigenvalue weighted by Gasteiger charge is -2.20. The molecule has 1 N–H and O–H groups in total. The highest BCUT2D eigenvalue weighted by atomic mass is 32.2. The van der Waals surface area contributed by atoms with Gasteiger partial charge in [0.2, 0.25) is 10.0 Å². The van der Waals surface area contributed by atoms with E-state index in [0.717, 1.165) is 12.8 Å². The molecule has 0 spiro atoms. The van der Waals surface area contributed by atoms with Crippen molar-refractivity contribution in [2.75, 3.05) is 25.4 Å². The molecule has 0 atom stereocenters. The molecule has 1 saturated carbocycles. The van der Waals surface area contributed by atoms with E-state index in [1.807, 2.05) is 0 Å². The largest absolute Gasteiger partial charge is 0.395 e. The molecule has 0 saturated heterocycles. The molecule has 15 heavy (non-hydrogen) atoms. The van der Waals surface area contributed by atoms with Gasteiger partial charge in [-0.15, -0.1) is 0 Å². The maximum atomic E-state index is 12.1. The molecule has 0 aromatic heterocycles. The molecule has 0 radical (unpaired) electrons. The number of rotatable bonds is 7. The molecule has 0 aliphatic heterocycles. The number of sulfonamides is 1. The molecule has 0 aromatic rings. The van der Waals surface area contributed by atoms with Crippen molar-refractivity contribution < 1.29 is 22.3 Å². The first-order valence-corrected chi connectivity index (χ1v) is 6.43. The van der Waals surface area contributed by atoms with Gasteiger partial charge in [-0.1, -0.05) is 0 Å². The zero-order valence-corrected chi connectivity index (χ0v) is 9.09. The van der Waals surface area contributed by atoms with Crippen LogP contribution in [-0.2, 0) is 10.0 Å². The third-order valence-electron chi connectivity index (χ3n) is 2.23. The van der Waals surface area contributed by atoms with Gasteiger partial charge >= 0.3 is 0 Å². The number of hydrogen-bond donors (Lipinski definition) is 1. The van der Waals surface area contributed by atoms with E-state index in [2.05, 4.69) is 0 Å². The second-order valence-electron chi connectivity index (χ2n) is 3.69. The Morgan fingerprint density at radius 2 is 2.00 bits per heavy atom. The minimum Gasteiger partial charge on any atom is -0.395 e. The summed E-state index contributed by atoms with van der Waals surface area (Å²) in [5.74, 6) is 0.0496. The third-order valence-corrected chi connectivity index (χ3v) is 4.24. The van der Waals surface area contributed by atoms with Crippen molar-refractivity contribution in [3.63, 3.8) is 0 Å². The summed E-state index contributed by atoms with van der Waals surface area (Å²) in [7, 11) is -3.62. The second kappa shape index (κ2) is 5.18. The van der Waals surface area contributed by atoms with Gasteiger partial charge < -0.3 is 5.11 Å². The van der Waals surface area contributed by atoms with E-state index >= 15 is 0 Å². The molecular weight excluding hydrogens is 228 g/mol. The monoisotopic (exact) mass is 243 g/mol. The minimum atomic E-state index is -3.62. The Morgan fingerprint density at radius 3 is 2.40 bits per heavy atom. The Kier molecular flexibility index (Phi) is 4.42. The normalized spacial score (nSPS) is 17.7. The predicted octanol–water partition coefficient (Wildman–Crippen LogP) is 0.286. The van der Waals surface area contributed by atoms with Crippen LogP contribution in [0.4, 0.5) is 8.78 Å². The number of halogens is 2. The molecule has 1 aliphatic carbocycles. The van der Waals surface area contributed by atoms with Crippen molar-refractivity contribution in [3.05, 3.63) is 0 Å². The summed E-state index contributed by atoms with van der Waals surface area (Å²) in [5.41, 5.74) is 0. The first kappa shape index (κ1) is 12.8. The highest BCUT2D eigenvalue weighted by molar-refractivity contribution is 7.89. The predicted molar refractivity (Wildman–Crippen MR) is 51.2 cm³/mol. The third kappa shape index (κ3) is 4.40. The van der Waals surface area contributed by atoms with Gasteiger partial charge in [-0.25, -0.2) is 17.2 Å². The Labute approximate surface area is 87.9 Å². The van der Waals surface area contributed by atoms with Crippen molar-refractivity contribution in [2.45, 2.75) is 19.3 Å². The summed E-state index contributed by atoms with van der Waals surface area (Å²) in [6.07, 6.45) is -1.01. The van der Waals surface area contributed by atoms with Crippen LogP contribution in [0.1, 0.15) is 12.8 Å². The van der Waals surface area contributed by atoms with E-state index in [4.69, 9.17) is 5.11 Å². The van der Waals surface area contributed by atoms with Crippen molar-refractivity contribution in [1.29, 1.82) is 0 Å². The van der Waals surface area contributed by atoms with Gasteiger partial charge in [0, 0.05) is 6.54 Å². The molecule has 90 valence electrons. The van der Waals surface area contributed by atoms with Gasteiger partial charge in [-0.3, -0.25) is 0 Å². The van der Waals surface area contributed by atoms with E-state index in [1.165, 1.54) is 0 Å². The van der Waals surface area contributed by atoms with Gasteiger partial charge in [0.05, 0.1) is 18.9 Å². The Bertz CT molecular complexity index is 290. The van der Waals surface area contributed by atoms with Crippen molar-refractivity contribution >= 4 is 10.0 Å². The molecule has 0 amide bonds. The van der Waals surface area contributed by atoms with Crippen LogP contribution < -0.4 is 0 Å². The minimum absolute atomic E-state index is 0.0697. The topological polar surface area (TPSA) is 57.6 Å². The van der Waals surface area contributed by atoms with E-state index < -0.39 is 29.6 Å². The van der Waals surface area contributed by atoms with E-state index in [1.54, 1.807) is 0 Å². The lowest BCUT2D eigenvalue weighted by atomic mass is 10.5. The molecule has 1 rings (SSSR count). The van der Waals surface area contributed by atoms with Gasteiger partial charge in [0.15, 0.2) is 0 Å². The van der Waals surface area contributed by atoms with Gasteiger partial charge in [-0.05, 0) is 18.8 Å². The fraction of sp³-hybridized carbons (Fsp3) is 1.00. The average molecular weight is 243 g/mol. The summed E-state index contributed by atoms with van der Waals surface area (Å²) in [6, 6.07) is 0. The number of aliphatic hydroxyl groups excluding tert-OH is 1. The zero-order chi connectivity index (χ0) is 11.5. The molecule has 1 aliphatic rings. The Balaban J connectivity index is 2.58. The van der Waals surface area contributed by atoms with Crippen LogP contribution in [0, 0.1) is 5.92 Å². The van der Waals surface area contributed by atoms with Crippen LogP contribution in [-0.4, -0.2) is 49.7 Å². The van der Waals surface area contributed by atoms with Crippen LogP contribution >= 0.6 is 0 Å². The zero-order valence-electron chi connectivity index (χ0n) is 8.27. The van der Waals surface area contributed by atoms with Crippen molar-refractivity contribution in [2.24, 2.45) is 5.92 Å². The van der Waals surface area contributed by atoms with Gasteiger partial charge in [-0.2, -0.15) is 4.31 Å². The first-order valence-electron chi connectivity index (χ1n) is 4.82. The van der Waals surface area contributed by atoms with Gasteiger partial charge in [0.25, 0.3) is 6.43 Å². The van der Waals surface area contributed by atoms with E-state index in [0.29, 0.717) is 4.31 Å². The maximum Gasteiger partial charge on any atom is 0.252 e. The summed E-state index contributed by atoms with van der Waals surface area (Å²) in [5, 5.41) is 8.61. The number of alkyl halides is 2. The molecule has 0 heterocycles. The standard InChI is InChI=1S/C8H15F2NO3S/c9-8(10)5-11(3-4-12)15(13,14)6-7-1-2-7/h7-8,12H,1-6H2. The molecule has 7 heteroatoms. The van der Waals surface area contributed by atoms with Crippen LogP contribution in [0.15, 0.2) is 0 Å². The van der Waals surface area contributed by atoms with E-state index in [9.17, 15) is 17.2 Å². The highest BCUT2D eigenvalue weighted by Crippen LogP contribution is 2.31. The fourth-order valence-corrected chi connectivity index (χ4v) is 3.14. The SMILES string of the molecule is O=S(=O)(CC1CC1)N(CCO)CC(F)F. The summed E-state index contributed by atoms with van der Waals surface area (Å²) >= 11 is 0. The number of aliphatic hydroxyl groups is 1. The second-order valence-corrected chi connectivity index (χ2v) is 5.71. The maximum absolute atomic E-state index is 12.1. The quantitative estimate of drug-likeness (QED) is 0.699. The molecule has 1 fully saturated rings. The van der Waals surface area contributed by atoms with Crippen molar-refractivity contribution in [1.82, 2.24) is 4.31 Å². The smallest absolute Gasteiger partial charge is 0.252 e. The summed E-state index contributed by atoms with van der Waals surface area (Å²) < 4.78 is 48.1. The summed E-state index contributed by atoms with van der Waals surface area (Å²) in [4.78, 5) is 0. The van der Waals surface area contributed by atoms with Crippen LogP contribution in [0.25, 0.3) is 0 Å². The Hall–Kier alpha value is -0.270. The first-order chi connectivity index (χ1) is 6.95. The lowest BCUT2D eigenvalue weighted by molar-refractivity contribution is 0.113. The highest BCUT2D eigenvalue weighted by Gasteiger charge is 2.32. The molecule has 0 bridgehead atoms.